The van der Waals surface area contributed by atoms with E-state index in [-0.39, 0.29) is 6.61 Å². The van der Waals surface area contributed by atoms with E-state index in [1.807, 2.05) is 6.08 Å². The molecule has 0 atom stereocenters. The minimum atomic E-state index is 0.124. The van der Waals surface area contributed by atoms with Crippen molar-refractivity contribution >= 4 is 17.4 Å². The molecule has 0 spiro atoms. The number of aryl methyl sites for hydroxylation is 1. The van der Waals surface area contributed by atoms with Crippen molar-refractivity contribution in [1.82, 2.24) is 0 Å². The van der Waals surface area contributed by atoms with E-state index >= 15 is 0 Å². The fraction of sp³-hybridized carbons (Fsp3) is 0.333. The Hall–Kier alpha value is -0.600. The molecule has 60 valence electrons. The molecule has 1 heterocycles. The topological polar surface area (TPSA) is 20.2 Å². The van der Waals surface area contributed by atoms with Crippen molar-refractivity contribution in [2.75, 3.05) is 6.61 Å². The molecule has 0 saturated carbocycles. The molecule has 0 aromatic carbocycles. The molecule has 1 aromatic rings. The lowest BCUT2D eigenvalue weighted by molar-refractivity contribution is 0.343. The van der Waals surface area contributed by atoms with Crippen LogP contribution in [0.2, 0.25) is 0 Å². The number of hydrogen-bond donors (Lipinski definition) is 1. The van der Waals surface area contributed by atoms with E-state index in [2.05, 4.69) is 19.1 Å². The number of aliphatic hydroxyl groups is 1. The molecule has 0 fully saturated rings. The van der Waals surface area contributed by atoms with Crippen molar-refractivity contribution in [3.63, 3.8) is 0 Å². The summed E-state index contributed by atoms with van der Waals surface area (Å²) >= 11 is 1.77. The average Bonchev–Trinajstić information content (AvgIpc) is 2.48. The van der Waals surface area contributed by atoms with Gasteiger partial charge >= 0.3 is 0 Å². The zero-order valence-electron chi connectivity index (χ0n) is 6.58. The van der Waals surface area contributed by atoms with E-state index in [4.69, 9.17) is 5.11 Å². The smallest absolute Gasteiger partial charge is 0.0615 e. The van der Waals surface area contributed by atoms with Crippen molar-refractivity contribution in [1.29, 1.82) is 0 Å². The molecule has 0 aliphatic rings. The van der Waals surface area contributed by atoms with Gasteiger partial charge in [-0.3, -0.25) is 0 Å². The SMILES string of the molecule is CCc1ccc(C=CCO)s1. The summed E-state index contributed by atoms with van der Waals surface area (Å²) in [5.74, 6) is 0. The maximum atomic E-state index is 8.51. The van der Waals surface area contributed by atoms with Crippen LogP contribution in [0.5, 0.6) is 0 Å². The number of aliphatic hydroxyl groups excluding tert-OH is 1. The van der Waals surface area contributed by atoms with Gasteiger partial charge in [0.2, 0.25) is 0 Å². The fourth-order valence-electron chi connectivity index (χ4n) is 0.843. The summed E-state index contributed by atoms with van der Waals surface area (Å²) in [4.78, 5) is 2.61. The predicted molar refractivity (Wildman–Crippen MR) is 49.8 cm³/mol. The van der Waals surface area contributed by atoms with Crippen LogP contribution in [0.4, 0.5) is 0 Å². The van der Waals surface area contributed by atoms with Gasteiger partial charge in [0.25, 0.3) is 0 Å². The van der Waals surface area contributed by atoms with Gasteiger partial charge in [0.1, 0.15) is 0 Å². The Kier molecular flexibility index (Phi) is 3.33. The quantitative estimate of drug-likeness (QED) is 0.734. The second kappa shape index (κ2) is 4.31. The lowest BCUT2D eigenvalue weighted by Gasteiger charge is -1.83. The van der Waals surface area contributed by atoms with Crippen molar-refractivity contribution in [2.45, 2.75) is 13.3 Å². The Morgan fingerprint density at radius 2 is 2.36 bits per heavy atom. The molecule has 1 rings (SSSR count). The minimum Gasteiger partial charge on any atom is -0.392 e. The molecule has 0 aliphatic carbocycles. The van der Waals surface area contributed by atoms with Crippen LogP contribution in [0.3, 0.4) is 0 Å². The van der Waals surface area contributed by atoms with E-state index in [1.165, 1.54) is 9.75 Å². The third-order valence-electron chi connectivity index (χ3n) is 1.42. The van der Waals surface area contributed by atoms with E-state index in [0.29, 0.717) is 0 Å². The second-order valence-corrected chi connectivity index (χ2v) is 3.44. The molecule has 1 nitrogen and oxygen atoms in total. The Labute approximate surface area is 71.0 Å². The molecule has 0 radical (unpaired) electrons. The highest BCUT2D eigenvalue weighted by atomic mass is 32.1. The molecule has 11 heavy (non-hydrogen) atoms. The van der Waals surface area contributed by atoms with Crippen LogP contribution >= 0.6 is 11.3 Å². The first-order chi connectivity index (χ1) is 5.36. The maximum Gasteiger partial charge on any atom is 0.0615 e. The summed E-state index contributed by atoms with van der Waals surface area (Å²) in [6, 6.07) is 4.21. The van der Waals surface area contributed by atoms with Crippen molar-refractivity contribution in [2.24, 2.45) is 0 Å². The van der Waals surface area contributed by atoms with Crippen LogP contribution in [-0.4, -0.2) is 11.7 Å². The van der Waals surface area contributed by atoms with Crippen LogP contribution in [0.1, 0.15) is 16.7 Å². The summed E-state index contributed by atoms with van der Waals surface area (Å²) in [5, 5.41) is 8.51. The van der Waals surface area contributed by atoms with Gasteiger partial charge in [-0.2, -0.15) is 0 Å². The molecule has 0 unspecified atom stereocenters. The van der Waals surface area contributed by atoms with Crippen molar-refractivity contribution in [3.8, 4) is 0 Å². The Balaban J connectivity index is 2.65. The molecular formula is C9H12OS. The first-order valence-corrected chi connectivity index (χ1v) is 4.54. The largest absolute Gasteiger partial charge is 0.392 e. The normalized spacial score (nSPS) is 11.1. The summed E-state index contributed by atoms with van der Waals surface area (Å²) < 4.78 is 0. The third-order valence-corrected chi connectivity index (χ3v) is 2.61. The highest BCUT2D eigenvalue weighted by molar-refractivity contribution is 7.12. The number of thiophene rings is 1. The van der Waals surface area contributed by atoms with Crippen molar-refractivity contribution < 1.29 is 5.11 Å². The zero-order valence-corrected chi connectivity index (χ0v) is 7.40. The van der Waals surface area contributed by atoms with E-state index in [0.717, 1.165) is 6.42 Å². The van der Waals surface area contributed by atoms with Crippen molar-refractivity contribution in [3.05, 3.63) is 28.0 Å². The van der Waals surface area contributed by atoms with E-state index in [1.54, 1.807) is 17.4 Å². The van der Waals surface area contributed by atoms with Gasteiger partial charge in [0.15, 0.2) is 0 Å². The summed E-state index contributed by atoms with van der Waals surface area (Å²) in [6.45, 7) is 2.27. The van der Waals surface area contributed by atoms with Gasteiger partial charge in [-0.15, -0.1) is 11.3 Å². The number of hydrogen-bond acceptors (Lipinski definition) is 2. The highest BCUT2D eigenvalue weighted by Crippen LogP contribution is 2.17. The number of rotatable bonds is 3. The Morgan fingerprint density at radius 3 is 2.91 bits per heavy atom. The van der Waals surface area contributed by atoms with Gasteiger partial charge < -0.3 is 5.11 Å². The average molecular weight is 168 g/mol. The van der Waals surface area contributed by atoms with Crippen LogP contribution in [0.25, 0.3) is 6.08 Å². The second-order valence-electron chi connectivity index (χ2n) is 2.24. The lowest BCUT2D eigenvalue weighted by Crippen LogP contribution is -1.68. The molecule has 0 bridgehead atoms. The van der Waals surface area contributed by atoms with Crippen LogP contribution in [0.15, 0.2) is 18.2 Å². The van der Waals surface area contributed by atoms with Gasteiger partial charge in [0.05, 0.1) is 6.61 Å². The van der Waals surface area contributed by atoms with Gasteiger partial charge in [-0.1, -0.05) is 13.0 Å². The Bertz CT molecular complexity index is 237. The van der Waals surface area contributed by atoms with Crippen LogP contribution in [0, 0.1) is 0 Å². The first kappa shape index (κ1) is 8.50. The van der Waals surface area contributed by atoms with Crippen LogP contribution < -0.4 is 0 Å². The summed E-state index contributed by atoms with van der Waals surface area (Å²) in [5.41, 5.74) is 0. The molecule has 1 N–H and O–H groups in total. The monoisotopic (exact) mass is 168 g/mol. The van der Waals surface area contributed by atoms with Gasteiger partial charge in [0, 0.05) is 9.75 Å². The summed E-state index contributed by atoms with van der Waals surface area (Å²) in [7, 11) is 0. The molecule has 0 amide bonds. The maximum absolute atomic E-state index is 8.51. The summed E-state index contributed by atoms with van der Waals surface area (Å²) in [6.07, 6.45) is 4.80. The van der Waals surface area contributed by atoms with Gasteiger partial charge in [-0.25, -0.2) is 0 Å². The van der Waals surface area contributed by atoms with Gasteiger partial charge in [-0.05, 0) is 24.6 Å². The predicted octanol–water partition coefficient (Wildman–Crippen LogP) is 2.32. The first-order valence-electron chi connectivity index (χ1n) is 3.73. The van der Waals surface area contributed by atoms with E-state index < -0.39 is 0 Å². The third kappa shape index (κ3) is 2.48. The van der Waals surface area contributed by atoms with Crippen LogP contribution in [-0.2, 0) is 6.42 Å². The molecule has 1 aromatic heterocycles. The molecule has 0 aliphatic heterocycles. The lowest BCUT2D eigenvalue weighted by atomic mass is 10.3. The van der Waals surface area contributed by atoms with E-state index in [9.17, 15) is 0 Å². The fourth-order valence-corrected chi connectivity index (χ4v) is 1.73. The zero-order chi connectivity index (χ0) is 8.10. The minimum absolute atomic E-state index is 0.124. The molecule has 0 saturated heterocycles. The highest BCUT2D eigenvalue weighted by Gasteiger charge is 1.92. The molecular weight excluding hydrogens is 156 g/mol. The Morgan fingerprint density at radius 1 is 1.55 bits per heavy atom. The molecule has 2 heteroatoms. The standard InChI is InChI=1S/C9H12OS/c1-2-8-5-6-9(11-8)4-3-7-10/h3-6,10H,2,7H2,1H3.